The minimum absolute atomic E-state index is 0.0136. The summed E-state index contributed by atoms with van der Waals surface area (Å²) in [4.78, 5) is 17.1. The topological polar surface area (TPSA) is 66.5 Å². The van der Waals surface area contributed by atoms with Crippen LogP contribution in [0.4, 0.5) is 10.5 Å². The van der Waals surface area contributed by atoms with Crippen molar-refractivity contribution < 1.29 is 9.53 Å². The van der Waals surface area contributed by atoms with E-state index >= 15 is 0 Å². The first-order valence-electron chi connectivity index (χ1n) is 5.56. The van der Waals surface area contributed by atoms with Crippen LogP contribution in [0, 0.1) is 0 Å². The number of carbonyl (C=O) groups is 1. The van der Waals surface area contributed by atoms with Gasteiger partial charge in [-0.25, -0.2) is 9.78 Å². The van der Waals surface area contributed by atoms with Crippen LogP contribution in [0.15, 0.2) is 18.3 Å². The maximum absolute atomic E-state index is 11.3. The summed E-state index contributed by atoms with van der Waals surface area (Å²) in [7, 11) is 1.58. The molecule has 2 N–H and O–H groups in total. The summed E-state index contributed by atoms with van der Waals surface area (Å²) in [5.41, 5.74) is 0.922. The molecule has 0 aromatic carbocycles. The predicted molar refractivity (Wildman–Crippen MR) is 64.3 cm³/mol. The van der Waals surface area contributed by atoms with Gasteiger partial charge >= 0.3 is 6.03 Å². The van der Waals surface area contributed by atoms with E-state index in [1.165, 1.54) is 0 Å². The zero-order valence-corrected chi connectivity index (χ0v) is 9.77. The molecule has 6 nitrogen and oxygen atoms in total. The Hall–Kier alpha value is -1.98. The molecule has 2 rings (SSSR count). The highest BCUT2D eigenvalue weighted by Crippen LogP contribution is 2.10. The van der Waals surface area contributed by atoms with Crippen LogP contribution in [-0.4, -0.2) is 49.2 Å². The van der Waals surface area contributed by atoms with E-state index in [9.17, 15) is 4.79 Å². The molecule has 17 heavy (non-hydrogen) atoms. The van der Waals surface area contributed by atoms with Crippen molar-refractivity contribution in [2.24, 2.45) is 0 Å². The summed E-state index contributed by atoms with van der Waals surface area (Å²) < 4.78 is 4.97. The van der Waals surface area contributed by atoms with Crippen molar-refractivity contribution in [3.8, 4) is 5.88 Å². The van der Waals surface area contributed by atoms with Crippen molar-refractivity contribution in [2.75, 3.05) is 38.6 Å². The first-order chi connectivity index (χ1) is 8.29. The Bertz CT molecular complexity index is 380. The number of amides is 2. The molecule has 2 amide bonds. The van der Waals surface area contributed by atoms with E-state index in [1.54, 1.807) is 24.3 Å². The third-order valence-corrected chi connectivity index (χ3v) is 2.60. The first kappa shape index (κ1) is 11.5. The number of ether oxygens (including phenoxy) is 1. The summed E-state index contributed by atoms with van der Waals surface area (Å²) in [6.45, 7) is 2.92. The molecule has 92 valence electrons. The second kappa shape index (κ2) is 5.38. The Balaban J connectivity index is 1.75. The highest BCUT2D eigenvalue weighted by Gasteiger charge is 2.18. The van der Waals surface area contributed by atoms with Crippen molar-refractivity contribution in [1.82, 2.24) is 15.2 Å². The molecule has 1 aliphatic rings. The van der Waals surface area contributed by atoms with Crippen molar-refractivity contribution in [1.29, 1.82) is 0 Å². The first-order valence-corrected chi connectivity index (χ1v) is 5.56. The molecule has 2 heterocycles. The van der Waals surface area contributed by atoms with Gasteiger partial charge in [-0.1, -0.05) is 0 Å². The summed E-state index contributed by atoms with van der Waals surface area (Å²) in [6.07, 6.45) is 1.71. The van der Waals surface area contributed by atoms with E-state index in [-0.39, 0.29) is 6.03 Å². The zero-order chi connectivity index (χ0) is 12.1. The largest absolute Gasteiger partial charge is 0.481 e. The van der Waals surface area contributed by atoms with Crippen LogP contribution in [0.1, 0.15) is 0 Å². The molecule has 0 unspecified atom stereocenters. The maximum atomic E-state index is 11.3. The van der Waals surface area contributed by atoms with Crippen LogP contribution in [0.2, 0.25) is 0 Å². The third kappa shape index (κ3) is 2.99. The highest BCUT2D eigenvalue weighted by molar-refractivity contribution is 5.76. The van der Waals surface area contributed by atoms with Crippen LogP contribution < -0.4 is 15.4 Å². The fraction of sp³-hybridized carbons (Fsp3) is 0.455. The summed E-state index contributed by atoms with van der Waals surface area (Å²) in [5.74, 6) is 0.592. The van der Waals surface area contributed by atoms with Gasteiger partial charge in [0, 0.05) is 32.2 Å². The number of hydrogen-bond acceptors (Lipinski definition) is 4. The molecular weight excluding hydrogens is 220 g/mol. The summed E-state index contributed by atoms with van der Waals surface area (Å²) in [5, 5.41) is 5.97. The lowest BCUT2D eigenvalue weighted by Gasteiger charge is -2.14. The molecule has 0 aliphatic carbocycles. The smallest absolute Gasteiger partial charge is 0.317 e. The molecular formula is C11H16N4O2. The Labute approximate surface area is 100.0 Å². The molecule has 0 spiro atoms. The zero-order valence-electron chi connectivity index (χ0n) is 9.77. The molecule has 1 aliphatic heterocycles. The van der Waals surface area contributed by atoms with E-state index in [0.717, 1.165) is 18.8 Å². The van der Waals surface area contributed by atoms with Gasteiger partial charge in [0.25, 0.3) is 0 Å². The molecule has 0 saturated carbocycles. The van der Waals surface area contributed by atoms with Crippen molar-refractivity contribution >= 4 is 11.7 Å². The molecule has 0 radical (unpaired) electrons. The predicted octanol–water partition coefficient (Wildman–Crippen LogP) is 0.527. The van der Waals surface area contributed by atoms with Crippen LogP contribution in [-0.2, 0) is 0 Å². The number of anilines is 1. The number of aromatic nitrogens is 1. The SMILES string of the molecule is COc1ccc(NCCN2CCNC2=O)cn1. The Morgan fingerprint density at radius 3 is 3.06 bits per heavy atom. The van der Waals surface area contributed by atoms with E-state index in [1.807, 2.05) is 6.07 Å². The Morgan fingerprint density at radius 2 is 2.47 bits per heavy atom. The minimum Gasteiger partial charge on any atom is -0.481 e. The van der Waals surface area contributed by atoms with E-state index < -0.39 is 0 Å². The molecule has 6 heteroatoms. The van der Waals surface area contributed by atoms with E-state index in [2.05, 4.69) is 15.6 Å². The van der Waals surface area contributed by atoms with Crippen LogP contribution >= 0.6 is 0 Å². The van der Waals surface area contributed by atoms with Gasteiger partial charge < -0.3 is 20.3 Å². The van der Waals surface area contributed by atoms with Crippen LogP contribution in [0.5, 0.6) is 5.88 Å². The van der Waals surface area contributed by atoms with Gasteiger partial charge in [-0.3, -0.25) is 0 Å². The minimum atomic E-state index is 0.0136. The molecule has 0 atom stereocenters. The number of urea groups is 1. The highest BCUT2D eigenvalue weighted by atomic mass is 16.5. The summed E-state index contributed by atoms with van der Waals surface area (Å²) >= 11 is 0. The van der Waals surface area contributed by atoms with Crippen molar-refractivity contribution in [2.45, 2.75) is 0 Å². The number of hydrogen-bond donors (Lipinski definition) is 2. The number of rotatable bonds is 5. The Morgan fingerprint density at radius 1 is 1.59 bits per heavy atom. The Kier molecular flexibility index (Phi) is 3.64. The quantitative estimate of drug-likeness (QED) is 0.782. The maximum Gasteiger partial charge on any atom is 0.317 e. The summed E-state index contributed by atoms with van der Waals surface area (Å²) in [6, 6.07) is 3.71. The lowest BCUT2D eigenvalue weighted by Crippen LogP contribution is -2.32. The van der Waals surface area contributed by atoms with Gasteiger partial charge in [0.1, 0.15) is 0 Å². The van der Waals surface area contributed by atoms with Crippen molar-refractivity contribution in [3.05, 3.63) is 18.3 Å². The fourth-order valence-electron chi connectivity index (χ4n) is 1.67. The average Bonchev–Trinajstić information content (AvgIpc) is 2.76. The van der Waals surface area contributed by atoms with Gasteiger partial charge in [-0.15, -0.1) is 0 Å². The lowest BCUT2D eigenvalue weighted by atomic mass is 10.4. The van der Waals surface area contributed by atoms with Crippen LogP contribution in [0.3, 0.4) is 0 Å². The lowest BCUT2D eigenvalue weighted by molar-refractivity contribution is 0.219. The van der Waals surface area contributed by atoms with E-state index in [0.29, 0.717) is 19.0 Å². The molecule has 1 saturated heterocycles. The number of nitrogens with one attached hydrogen (secondary N) is 2. The second-order valence-electron chi connectivity index (χ2n) is 3.73. The molecule has 1 aromatic rings. The molecule has 0 bridgehead atoms. The normalized spacial score (nSPS) is 14.6. The standard InChI is InChI=1S/C11H16N4O2/c1-17-10-3-2-9(8-14-10)12-4-6-15-7-5-13-11(15)16/h2-3,8,12H,4-7H2,1H3,(H,13,16). The van der Waals surface area contributed by atoms with E-state index in [4.69, 9.17) is 4.74 Å². The molecule has 1 aromatic heterocycles. The fourth-order valence-corrected chi connectivity index (χ4v) is 1.67. The number of carbonyl (C=O) groups excluding carboxylic acids is 1. The van der Waals surface area contributed by atoms with Crippen molar-refractivity contribution in [3.63, 3.8) is 0 Å². The molecule has 1 fully saturated rings. The van der Waals surface area contributed by atoms with Gasteiger partial charge in [0.15, 0.2) is 0 Å². The van der Waals surface area contributed by atoms with Crippen LogP contribution in [0.25, 0.3) is 0 Å². The number of nitrogens with zero attached hydrogens (tertiary/aromatic N) is 2. The van der Waals surface area contributed by atoms with Gasteiger partial charge in [-0.2, -0.15) is 0 Å². The second-order valence-corrected chi connectivity index (χ2v) is 3.73. The van der Waals surface area contributed by atoms with Gasteiger partial charge in [0.2, 0.25) is 5.88 Å². The third-order valence-electron chi connectivity index (χ3n) is 2.60. The van der Waals surface area contributed by atoms with Gasteiger partial charge in [-0.05, 0) is 6.07 Å². The monoisotopic (exact) mass is 236 g/mol. The number of methoxy groups -OCH3 is 1. The number of pyridine rings is 1. The van der Waals surface area contributed by atoms with Gasteiger partial charge in [0.05, 0.1) is 19.0 Å². The average molecular weight is 236 g/mol.